The van der Waals surface area contributed by atoms with Gasteiger partial charge in [0, 0.05) is 29.6 Å². The second-order valence-electron chi connectivity index (χ2n) is 10.3. The molecule has 9 heteroatoms. The minimum Gasteiger partial charge on any atom is -0.385 e. The average molecular weight is 522 g/mol. The summed E-state index contributed by atoms with van der Waals surface area (Å²) in [6.07, 6.45) is 2.50. The van der Waals surface area contributed by atoms with Gasteiger partial charge in [-0.05, 0) is 63.1 Å². The normalized spacial score (nSPS) is 31.5. The molecule has 2 heterocycles. The Bertz CT molecular complexity index is 1180. The van der Waals surface area contributed by atoms with Crippen molar-refractivity contribution in [3.63, 3.8) is 0 Å². The smallest absolute Gasteiger partial charge is 0.221 e. The molecule has 0 unspecified atom stereocenters. The molecule has 0 spiro atoms. The van der Waals surface area contributed by atoms with Crippen molar-refractivity contribution in [2.75, 3.05) is 13.2 Å². The number of aliphatic hydroxyl groups is 1. The first-order valence-corrected chi connectivity index (χ1v) is 14.2. The van der Waals surface area contributed by atoms with E-state index < -0.39 is 32.5 Å². The van der Waals surface area contributed by atoms with Gasteiger partial charge >= 0.3 is 0 Å². The van der Waals surface area contributed by atoms with Crippen LogP contribution in [0.4, 0.5) is 8.78 Å². The first kappa shape index (κ1) is 25.7. The number of hydrogen-bond acceptors (Lipinski definition) is 5. The van der Waals surface area contributed by atoms with E-state index in [-0.39, 0.29) is 48.8 Å². The zero-order valence-corrected chi connectivity index (χ0v) is 21.2. The average Bonchev–Trinajstić information content (AvgIpc) is 3.39. The molecule has 0 amide bonds. The maximum absolute atomic E-state index is 15.3. The van der Waals surface area contributed by atoms with Gasteiger partial charge in [0.05, 0.1) is 18.8 Å². The molecule has 3 aliphatic rings. The van der Waals surface area contributed by atoms with E-state index in [4.69, 9.17) is 9.47 Å². The van der Waals surface area contributed by atoms with Crippen molar-refractivity contribution in [3.8, 4) is 0 Å². The van der Waals surface area contributed by atoms with Crippen molar-refractivity contribution in [3.05, 3.63) is 70.8 Å². The standard InChI is InChI=1S/C27H33F2NO5S/c1-18-7-8-25(19-5-3-2-4-6-19)36(32,33)30(18)17-21-15-24(29)22(16-23(21)28)27(31)11-9-20(10-12-27)26-34-13-14-35-26/h2-6,15-16,18,20,25-26,31H,7-14,17H2,1H3/t18-,20?,25+,27?/m0/s1. The molecular weight excluding hydrogens is 488 g/mol. The largest absolute Gasteiger partial charge is 0.385 e. The van der Waals surface area contributed by atoms with Crippen molar-refractivity contribution in [2.24, 2.45) is 5.92 Å². The van der Waals surface area contributed by atoms with Crippen molar-refractivity contribution >= 4 is 10.0 Å². The van der Waals surface area contributed by atoms with Gasteiger partial charge < -0.3 is 14.6 Å². The Morgan fingerprint density at radius 3 is 2.33 bits per heavy atom. The summed E-state index contributed by atoms with van der Waals surface area (Å²) in [6, 6.07) is 10.7. The van der Waals surface area contributed by atoms with Crippen LogP contribution < -0.4 is 0 Å². The van der Waals surface area contributed by atoms with E-state index in [9.17, 15) is 13.5 Å². The molecule has 1 saturated carbocycles. The summed E-state index contributed by atoms with van der Waals surface area (Å²) in [4.78, 5) is 0. The van der Waals surface area contributed by atoms with Gasteiger partial charge in [-0.2, -0.15) is 4.31 Å². The lowest BCUT2D eigenvalue weighted by molar-refractivity contribution is -0.115. The van der Waals surface area contributed by atoms with Crippen LogP contribution in [0, 0.1) is 17.6 Å². The van der Waals surface area contributed by atoms with Crippen molar-refractivity contribution in [1.29, 1.82) is 0 Å². The summed E-state index contributed by atoms with van der Waals surface area (Å²) in [6.45, 7) is 2.63. The number of benzene rings is 2. The van der Waals surface area contributed by atoms with Gasteiger partial charge in [0.25, 0.3) is 0 Å². The van der Waals surface area contributed by atoms with Crippen molar-refractivity contribution < 1.29 is 31.8 Å². The van der Waals surface area contributed by atoms with Crippen LogP contribution in [0.2, 0.25) is 0 Å². The highest BCUT2D eigenvalue weighted by molar-refractivity contribution is 7.89. The number of hydrogen-bond donors (Lipinski definition) is 1. The summed E-state index contributed by atoms with van der Waals surface area (Å²) in [7, 11) is -3.78. The molecule has 1 aliphatic carbocycles. The molecule has 3 fully saturated rings. The van der Waals surface area contributed by atoms with Crippen LogP contribution in [0.3, 0.4) is 0 Å². The molecule has 0 aromatic heterocycles. The summed E-state index contributed by atoms with van der Waals surface area (Å²) < 4.78 is 70.0. The molecule has 2 atom stereocenters. The second-order valence-corrected chi connectivity index (χ2v) is 12.4. The quantitative estimate of drug-likeness (QED) is 0.614. The predicted octanol–water partition coefficient (Wildman–Crippen LogP) is 4.77. The Hall–Kier alpha value is -1.91. The van der Waals surface area contributed by atoms with E-state index in [2.05, 4.69) is 0 Å². The van der Waals surface area contributed by atoms with Gasteiger partial charge in [0.2, 0.25) is 10.0 Å². The SMILES string of the molecule is C[C@H]1CC[C@H](c2ccccc2)S(=O)(=O)N1Cc1cc(F)c(C2(O)CCC(C3OCCO3)CC2)cc1F. The topological polar surface area (TPSA) is 76.1 Å². The Morgan fingerprint density at radius 2 is 1.67 bits per heavy atom. The molecule has 36 heavy (non-hydrogen) atoms. The van der Waals surface area contributed by atoms with E-state index in [0.717, 1.165) is 12.1 Å². The van der Waals surface area contributed by atoms with Crippen LogP contribution in [0.15, 0.2) is 42.5 Å². The van der Waals surface area contributed by atoms with Gasteiger partial charge in [-0.3, -0.25) is 0 Å². The lowest BCUT2D eigenvalue weighted by Gasteiger charge is -2.38. The number of sulfonamides is 1. The van der Waals surface area contributed by atoms with Crippen LogP contribution in [0.1, 0.15) is 67.4 Å². The van der Waals surface area contributed by atoms with E-state index >= 15 is 8.78 Å². The number of nitrogens with zero attached hydrogens (tertiary/aromatic N) is 1. The van der Waals surface area contributed by atoms with Gasteiger partial charge in [-0.15, -0.1) is 0 Å². The summed E-state index contributed by atoms with van der Waals surface area (Å²) in [5.74, 6) is -1.32. The van der Waals surface area contributed by atoms with E-state index in [1.165, 1.54) is 4.31 Å². The Labute approximate surface area is 211 Å². The fourth-order valence-electron chi connectivity index (χ4n) is 5.89. The molecule has 6 nitrogen and oxygen atoms in total. The Kier molecular flexibility index (Phi) is 7.22. The highest BCUT2D eigenvalue weighted by Crippen LogP contribution is 2.44. The van der Waals surface area contributed by atoms with Crippen LogP contribution >= 0.6 is 0 Å². The first-order chi connectivity index (χ1) is 17.2. The Balaban J connectivity index is 1.35. The van der Waals surface area contributed by atoms with E-state index in [1.54, 1.807) is 31.2 Å². The van der Waals surface area contributed by atoms with Crippen LogP contribution in [0.25, 0.3) is 0 Å². The highest BCUT2D eigenvalue weighted by atomic mass is 32.2. The first-order valence-electron chi connectivity index (χ1n) is 12.7. The predicted molar refractivity (Wildman–Crippen MR) is 130 cm³/mol. The molecule has 5 rings (SSSR count). The molecule has 2 aromatic carbocycles. The van der Waals surface area contributed by atoms with Crippen LogP contribution in [0.5, 0.6) is 0 Å². The maximum atomic E-state index is 15.3. The molecule has 0 radical (unpaired) electrons. The zero-order valence-electron chi connectivity index (χ0n) is 20.4. The molecule has 2 aromatic rings. The van der Waals surface area contributed by atoms with Gasteiger partial charge in [-0.1, -0.05) is 30.3 Å². The maximum Gasteiger partial charge on any atom is 0.221 e. The minimum absolute atomic E-state index is 0.0366. The van der Waals surface area contributed by atoms with Crippen molar-refractivity contribution in [2.45, 2.75) is 75.2 Å². The fourth-order valence-corrected chi connectivity index (χ4v) is 8.08. The van der Waals surface area contributed by atoms with Gasteiger partial charge in [0.1, 0.15) is 16.9 Å². The zero-order chi connectivity index (χ0) is 25.5. The molecule has 2 saturated heterocycles. The summed E-state index contributed by atoms with van der Waals surface area (Å²) in [5.41, 5.74) is -0.901. The summed E-state index contributed by atoms with van der Waals surface area (Å²) in [5, 5.41) is 10.5. The van der Waals surface area contributed by atoms with Crippen molar-refractivity contribution in [1.82, 2.24) is 4.31 Å². The second kappa shape index (κ2) is 10.1. The molecule has 1 N–H and O–H groups in total. The van der Waals surface area contributed by atoms with Crippen LogP contribution in [-0.4, -0.2) is 43.4 Å². The third-order valence-electron chi connectivity index (χ3n) is 8.05. The minimum atomic E-state index is -3.78. The third kappa shape index (κ3) is 4.84. The highest BCUT2D eigenvalue weighted by Gasteiger charge is 2.43. The summed E-state index contributed by atoms with van der Waals surface area (Å²) >= 11 is 0. The lowest BCUT2D eigenvalue weighted by Crippen LogP contribution is -2.45. The van der Waals surface area contributed by atoms with Gasteiger partial charge in [-0.25, -0.2) is 17.2 Å². The lowest BCUT2D eigenvalue weighted by atomic mass is 9.74. The molecular formula is C27H33F2NO5S. The fraction of sp³-hybridized carbons (Fsp3) is 0.556. The third-order valence-corrected chi connectivity index (χ3v) is 10.4. The monoisotopic (exact) mass is 521 g/mol. The van der Waals surface area contributed by atoms with Crippen LogP contribution in [-0.2, 0) is 31.6 Å². The Morgan fingerprint density at radius 1 is 1.00 bits per heavy atom. The van der Waals surface area contributed by atoms with Gasteiger partial charge in [0.15, 0.2) is 6.29 Å². The number of ether oxygens (including phenoxy) is 2. The number of rotatable bonds is 5. The van der Waals surface area contributed by atoms with E-state index in [1.807, 2.05) is 6.07 Å². The number of halogens is 2. The molecule has 0 bridgehead atoms. The van der Waals surface area contributed by atoms with E-state index in [0.29, 0.717) is 44.5 Å². The molecule has 196 valence electrons. The molecule has 2 aliphatic heterocycles.